The first-order valence-corrected chi connectivity index (χ1v) is 5.95. The van der Waals surface area contributed by atoms with Crippen LogP contribution in [0, 0.1) is 3.57 Å². The second kappa shape index (κ2) is 4.40. The summed E-state index contributed by atoms with van der Waals surface area (Å²) in [6.45, 7) is 0.544. The van der Waals surface area contributed by atoms with E-state index in [0.29, 0.717) is 6.54 Å². The number of halogens is 1. The summed E-state index contributed by atoms with van der Waals surface area (Å²) in [7, 11) is 1.63. The number of likely N-dealkylation sites (N-methyl/N-ethyl adjacent to an activating group) is 1. The van der Waals surface area contributed by atoms with Crippen molar-refractivity contribution in [3.05, 3.63) is 33.4 Å². The maximum absolute atomic E-state index is 11.6. The molecule has 1 fully saturated rings. The Bertz CT molecular complexity index is 430. The van der Waals surface area contributed by atoms with E-state index in [0.717, 1.165) is 9.13 Å². The maximum atomic E-state index is 11.6. The second-order valence-electron chi connectivity index (χ2n) is 3.74. The topological polar surface area (TPSA) is 40.6 Å². The van der Waals surface area contributed by atoms with Crippen LogP contribution in [0.5, 0.6) is 0 Å². The van der Waals surface area contributed by atoms with Crippen LogP contribution in [0.3, 0.4) is 0 Å². The van der Waals surface area contributed by atoms with Gasteiger partial charge in [0, 0.05) is 10.6 Å². The Balaban J connectivity index is 2.13. The minimum absolute atomic E-state index is 0.133. The number of hydrogen-bond donors (Lipinski definition) is 0. The highest BCUT2D eigenvalue weighted by Crippen LogP contribution is 2.14. The highest BCUT2D eigenvalue weighted by molar-refractivity contribution is 14.1. The Hall–Kier alpha value is -1.11. The third kappa shape index (κ3) is 2.18. The molecule has 0 N–H and O–H groups in total. The number of rotatable bonds is 2. The van der Waals surface area contributed by atoms with Gasteiger partial charge >= 0.3 is 6.03 Å². The standard InChI is InChI=1S/C11H11IN2O2/c1-13-7-10(15)14(11(13)16)6-8-2-4-9(12)5-3-8/h2-5H,6-7H2,1H3. The number of carbonyl (C=O) groups excluding carboxylic acids is 2. The lowest BCUT2D eigenvalue weighted by atomic mass is 10.2. The Labute approximate surface area is 107 Å². The van der Waals surface area contributed by atoms with Crippen LogP contribution in [-0.4, -0.2) is 35.3 Å². The first-order valence-electron chi connectivity index (χ1n) is 4.88. The predicted molar refractivity (Wildman–Crippen MR) is 67.7 cm³/mol. The zero-order chi connectivity index (χ0) is 11.7. The summed E-state index contributed by atoms with van der Waals surface area (Å²) in [4.78, 5) is 25.9. The first-order chi connectivity index (χ1) is 7.58. The van der Waals surface area contributed by atoms with Gasteiger partial charge in [0.05, 0.1) is 6.54 Å². The predicted octanol–water partition coefficient (Wildman–Crippen LogP) is 1.69. The summed E-state index contributed by atoms with van der Waals surface area (Å²) in [5.41, 5.74) is 0.970. The molecule has 1 aliphatic rings. The van der Waals surface area contributed by atoms with E-state index in [1.165, 1.54) is 9.80 Å². The molecule has 0 spiro atoms. The molecule has 1 heterocycles. The van der Waals surface area contributed by atoms with Gasteiger partial charge in [-0.15, -0.1) is 0 Å². The molecular weight excluding hydrogens is 319 g/mol. The van der Waals surface area contributed by atoms with Crippen molar-refractivity contribution in [3.8, 4) is 0 Å². The molecule has 84 valence electrons. The number of amides is 3. The van der Waals surface area contributed by atoms with Gasteiger partial charge in [-0.05, 0) is 40.3 Å². The van der Waals surface area contributed by atoms with Gasteiger partial charge in [0.25, 0.3) is 5.91 Å². The fourth-order valence-electron chi connectivity index (χ4n) is 1.60. The fraction of sp³-hybridized carbons (Fsp3) is 0.273. The zero-order valence-electron chi connectivity index (χ0n) is 8.81. The summed E-state index contributed by atoms with van der Waals surface area (Å²) in [5.74, 6) is -0.133. The summed E-state index contributed by atoms with van der Waals surface area (Å²) in [5, 5.41) is 0. The van der Waals surface area contributed by atoms with Crippen molar-refractivity contribution in [3.63, 3.8) is 0 Å². The molecule has 1 aromatic carbocycles. The summed E-state index contributed by atoms with van der Waals surface area (Å²) in [6, 6.07) is 7.57. The summed E-state index contributed by atoms with van der Waals surface area (Å²) >= 11 is 2.22. The number of hydrogen-bond acceptors (Lipinski definition) is 2. The SMILES string of the molecule is CN1CC(=O)N(Cc2ccc(I)cc2)C1=O. The lowest BCUT2D eigenvalue weighted by molar-refractivity contribution is -0.125. The van der Waals surface area contributed by atoms with Gasteiger partial charge in [0.15, 0.2) is 0 Å². The van der Waals surface area contributed by atoms with Crippen molar-refractivity contribution in [2.24, 2.45) is 0 Å². The largest absolute Gasteiger partial charge is 0.327 e. The van der Waals surface area contributed by atoms with E-state index in [1.807, 2.05) is 24.3 Å². The molecule has 0 radical (unpaired) electrons. The average molecular weight is 330 g/mol. The quantitative estimate of drug-likeness (QED) is 0.612. The van der Waals surface area contributed by atoms with Crippen molar-refractivity contribution in [1.82, 2.24) is 9.80 Å². The van der Waals surface area contributed by atoms with Crippen molar-refractivity contribution < 1.29 is 9.59 Å². The number of urea groups is 1. The Morgan fingerprint density at radius 3 is 2.38 bits per heavy atom. The highest BCUT2D eigenvalue weighted by Gasteiger charge is 2.33. The van der Waals surface area contributed by atoms with Crippen LogP contribution in [0.15, 0.2) is 24.3 Å². The molecule has 0 atom stereocenters. The highest BCUT2D eigenvalue weighted by atomic mass is 127. The molecule has 2 rings (SSSR count). The van der Waals surface area contributed by atoms with Gasteiger partial charge < -0.3 is 4.90 Å². The van der Waals surface area contributed by atoms with Gasteiger partial charge in [-0.25, -0.2) is 4.79 Å². The van der Waals surface area contributed by atoms with Crippen LogP contribution >= 0.6 is 22.6 Å². The zero-order valence-corrected chi connectivity index (χ0v) is 11.0. The van der Waals surface area contributed by atoms with E-state index in [9.17, 15) is 9.59 Å². The molecule has 16 heavy (non-hydrogen) atoms. The molecule has 0 bridgehead atoms. The fourth-order valence-corrected chi connectivity index (χ4v) is 1.96. The molecule has 1 aromatic rings. The number of imide groups is 1. The van der Waals surface area contributed by atoms with Gasteiger partial charge in [-0.2, -0.15) is 0 Å². The number of carbonyl (C=O) groups is 2. The van der Waals surface area contributed by atoms with E-state index < -0.39 is 0 Å². The Kier molecular flexibility index (Phi) is 3.13. The molecule has 3 amide bonds. The molecule has 0 aromatic heterocycles. The van der Waals surface area contributed by atoms with Crippen LogP contribution in [0.1, 0.15) is 5.56 Å². The van der Waals surface area contributed by atoms with E-state index in [1.54, 1.807) is 7.05 Å². The average Bonchev–Trinajstić information content (AvgIpc) is 2.48. The third-order valence-electron chi connectivity index (χ3n) is 2.48. The Morgan fingerprint density at radius 2 is 1.88 bits per heavy atom. The van der Waals surface area contributed by atoms with Gasteiger partial charge in [-0.1, -0.05) is 12.1 Å². The van der Waals surface area contributed by atoms with E-state index in [2.05, 4.69) is 22.6 Å². The minimum atomic E-state index is -0.219. The molecule has 4 nitrogen and oxygen atoms in total. The normalized spacial score (nSPS) is 16.1. The maximum Gasteiger partial charge on any atom is 0.327 e. The van der Waals surface area contributed by atoms with Crippen molar-refractivity contribution in [1.29, 1.82) is 0 Å². The lowest BCUT2D eigenvalue weighted by Gasteiger charge is -2.13. The van der Waals surface area contributed by atoms with Crippen LogP contribution in [-0.2, 0) is 11.3 Å². The molecule has 1 saturated heterocycles. The third-order valence-corrected chi connectivity index (χ3v) is 3.20. The number of nitrogens with zero attached hydrogens (tertiary/aromatic N) is 2. The van der Waals surface area contributed by atoms with Crippen LogP contribution < -0.4 is 0 Å². The van der Waals surface area contributed by atoms with Crippen molar-refractivity contribution >= 4 is 34.5 Å². The van der Waals surface area contributed by atoms with E-state index >= 15 is 0 Å². The lowest BCUT2D eigenvalue weighted by Crippen LogP contribution is -2.30. The van der Waals surface area contributed by atoms with Crippen LogP contribution in [0.25, 0.3) is 0 Å². The molecule has 5 heteroatoms. The van der Waals surface area contributed by atoms with Gasteiger partial charge in [-0.3, -0.25) is 9.69 Å². The summed E-state index contributed by atoms with van der Waals surface area (Å²) in [6.07, 6.45) is 0. The number of benzene rings is 1. The van der Waals surface area contributed by atoms with Gasteiger partial charge in [0.2, 0.25) is 0 Å². The second-order valence-corrected chi connectivity index (χ2v) is 4.99. The van der Waals surface area contributed by atoms with Crippen molar-refractivity contribution in [2.75, 3.05) is 13.6 Å². The van der Waals surface area contributed by atoms with Crippen LogP contribution in [0.2, 0.25) is 0 Å². The van der Waals surface area contributed by atoms with E-state index in [-0.39, 0.29) is 18.5 Å². The van der Waals surface area contributed by atoms with Crippen LogP contribution in [0.4, 0.5) is 4.79 Å². The summed E-state index contributed by atoms with van der Waals surface area (Å²) < 4.78 is 1.14. The van der Waals surface area contributed by atoms with E-state index in [4.69, 9.17) is 0 Å². The first kappa shape index (κ1) is 11.4. The molecule has 1 aliphatic heterocycles. The molecule has 0 unspecified atom stereocenters. The molecular formula is C11H11IN2O2. The minimum Gasteiger partial charge on any atom is -0.318 e. The van der Waals surface area contributed by atoms with Gasteiger partial charge in [0.1, 0.15) is 6.54 Å². The smallest absolute Gasteiger partial charge is 0.318 e. The monoisotopic (exact) mass is 330 g/mol. The Morgan fingerprint density at radius 1 is 1.25 bits per heavy atom. The van der Waals surface area contributed by atoms with Crippen molar-refractivity contribution in [2.45, 2.75) is 6.54 Å². The molecule has 0 saturated carbocycles. The molecule has 0 aliphatic carbocycles.